The third-order valence-corrected chi connectivity index (χ3v) is 4.52. The van der Waals surface area contributed by atoms with E-state index in [4.69, 9.17) is 10.00 Å². The van der Waals surface area contributed by atoms with Crippen LogP contribution in [0, 0.1) is 40.9 Å². The summed E-state index contributed by atoms with van der Waals surface area (Å²) in [6.45, 7) is 2.27. The number of esters is 1. The number of rotatable bonds is 1. The van der Waals surface area contributed by atoms with Crippen molar-refractivity contribution in [1.29, 1.82) is 5.26 Å². The largest absolute Gasteiger partial charge is 0.453 e. The van der Waals surface area contributed by atoms with Gasteiger partial charge in [0.15, 0.2) is 0 Å². The molecule has 3 nitrogen and oxygen atoms in total. The van der Waals surface area contributed by atoms with Crippen LogP contribution in [0.2, 0.25) is 0 Å². The molecule has 0 atom stereocenters. The zero-order valence-electron chi connectivity index (χ0n) is 12.2. The van der Waals surface area contributed by atoms with E-state index in [0.717, 1.165) is 44.4 Å². The summed E-state index contributed by atoms with van der Waals surface area (Å²) in [5.74, 6) is 6.66. The summed E-state index contributed by atoms with van der Waals surface area (Å²) in [5, 5.41) is 8.83. The summed E-state index contributed by atoms with van der Waals surface area (Å²) in [7, 11) is 0. The van der Waals surface area contributed by atoms with Gasteiger partial charge in [0.25, 0.3) is 0 Å². The number of ether oxygens (including phenoxy) is 1. The van der Waals surface area contributed by atoms with E-state index in [1.165, 1.54) is 12.8 Å². The van der Waals surface area contributed by atoms with Crippen molar-refractivity contribution in [3.05, 3.63) is 0 Å². The van der Waals surface area contributed by atoms with Crippen molar-refractivity contribution < 1.29 is 9.53 Å². The fraction of sp³-hybridized carbons (Fsp3) is 0.765. The molecular formula is C17H23NO2. The van der Waals surface area contributed by atoms with Gasteiger partial charge in [0, 0.05) is 17.8 Å². The molecule has 0 amide bonds. The first kappa shape index (κ1) is 14.9. The second-order valence-electron chi connectivity index (χ2n) is 6.23. The van der Waals surface area contributed by atoms with Gasteiger partial charge in [-0.2, -0.15) is 5.26 Å². The quantitative estimate of drug-likeness (QED) is 0.418. The topological polar surface area (TPSA) is 50.1 Å². The minimum atomic E-state index is -0.385. The van der Waals surface area contributed by atoms with Gasteiger partial charge in [0.05, 0.1) is 6.07 Å². The molecular weight excluding hydrogens is 250 g/mol. The first-order valence-electron chi connectivity index (χ1n) is 7.79. The summed E-state index contributed by atoms with van der Waals surface area (Å²) in [6, 6.07) is 2.28. The Kier molecular flexibility index (Phi) is 5.48. The molecule has 20 heavy (non-hydrogen) atoms. The van der Waals surface area contributed by atoms with E-state index in [9.17, 15) is 4.79 Å². The van der Waals surface area contributed by atoms with E-state index in [-0.39, 0.29) is 18.0 Å². The summed E-state index contributed by atoms with van der Waals surface area (Å²) in [6.07, 6.45) is 7.87. The Balaban J connectivity index is 1.72. The van der Waals surface area contributed by atoms with Crippen molar-refractivity contribution in [2.75, 3.05) is 0 Å². The van der Waals surface area contributed by atoms with Crippen LogP contribution in [0.4, 0.5) is 0 Å². The molecule has 0 N–H and O–H groups in total. The van der Waals surface area contributed by atoms with Crippen LogP contribution < -0.4 is 0 Å². The Bertz CT molecular complexity index is 424. The fourth-order valence-electron chi connectivity index (χ4n) is 3.06. The maximum Gasteiger partial charge on any atom is 0.384 e. The number of carbonyl (C=O) groups excluding carboxylic acids is 1. The molecule has 0 bridgehead atoms. The molecule has 2 aliphatic rings. The molecule has 0 aromatic carbocycles. The lowest BCUT2D eigenvalue weighted by Gasteiger charge is -2.24. The monoisotopic (exact) mass is 273 g/mol. The highest BCUT2D eigenvalue weighted by Gasteiger charge is 2.23. The van der Waals surface area contributed by atoms with Crippen LogP contribution >= 0.6 is 0 Å². The lowest BCUT2D eigenvalue weighted by Crippen LogP contribution is -2.23. The third kappa shape index (κ3) is 4.57. The number of carbonyl (C=O) groups is 1. The molecule has 0 radical (unpaired) electrons. The lowest BCUT2D eigenvalue weighted by molar-refractivity contribution is -0.143. The third-order valence-electron chi connectivity index (χ3n) is 4.52. The van der Waals surface area contributed by atoms with Gasteiger partial charge in [0.1, 0.15) is 6.10 Å². The van der Waals surface area contributed by atoms with Gasteiger partial charge >= 0.3 is 5.97 Å². The van der Waals surface area contributed by atoms with E-state index in [2.05, 4.69) is 24.8 Å². The summed E-state index contributed by atoms with van der Waals surface area (Å²) in [4.78, 5) is 11.7. The van der Waals surface area contributed by atoms with Crippen LogP contribution in [0.3, 0.4) is 0 Å². The Morgan fingerprint density at radius 1 is 1.00 bits per heavy atom. The average Bonchev–Trinajstić information content (AvgIpc) is 2.47. The Morgan fingerprint density at radius 3 is 2.20 bits per heavy atom. The molecule has 0 aromatic rings. The molecule has 0 heterocycles. The molecule has 2 aliphatic carbocycles. The molecule has 2 fully saturated rings. The lowest BCUT2D eigenvalue weighted by atomic mass is 9.83. The maximum atomic E-state index is 11.7. The van der Waals surface area contributed by atoms with Crippen molar-refractivity contribution in [2.24, 2.45) is 17.8 Å². The van der Waals surface area contributed by atoms with E-state index >= 15 is 0 Å². The van der Waals surface area contributed by atoms with Gasteiger partial charge in [-0.3, -0.25) is 0 Å². The van der Waals surface area contributed by atoms with Crippen LogP contribution in [0.15, 0.2) is 0 Å². The standard InChI is InChI=1S/C17H23NO2/c1-13-2-4-14(5-3-13)8-11-17(19)20-16-9-6-15(12-18)7-10-16/h13-16H,2-7,9-10H2,1H3. The first-order valence-corrected chi connectivity index (χ1v) is 7.79. The van der Waals surface area contributed by atoms with Gasteiger partial charge in [0.2, 0.25) is 0 Å². The summed E-state index contributed by atoms with van der Waals surface area (Å²) in [5.41, 5.74) is 0. The second-order valence-corrected chi connectivity index (χ2v) is 6.23. The van der Waals surface area contributed by atoms with E-state index in [0.29, 0.717) is 5.92 Å². The summed E-state index contributed by atoms with van der Waals surface area (Å²) >= 11 is 0. The van der Waals surface area contributed by atoms with Crippen LogP contribution in [0.5, 0.6) is 0 Å². The Hall–Kier alpha value is -1.48. The van der Waals surface area contributed by atoms with Gasteiger partial charge in [-0.15, -0.1) is 0 Å². The predicted molar refractivity (Wildman–Crippen MR) is 76.3 cm³/mol. The fourth-order valence-corrected chi connectivity index (χ4v) is 3.06. The van der Waals surface area contributed by atoms with E-state index in [1.54, 1.807) is 0 Å². The molecule has 3 heteroatoms. The number of nitrogens with zero attached hydrogens (tertiary/aromatic N) is 1. The maximum absolute atomic E-state index is 11.7. The average molecular weight is 273 g/mol. The van der Waals surface area contributed by atoms with Crippen LogP contribution in [0.25, 0.3) is 0 Å². The number of hydrogen-bond acceptors (Lipinski definition) is 3. The highest BCUT2D eigenvalue weighted by molar-refractivity contribution is 5.88. The highest BCUT2D eigenvalue weighted by atomic mass is 16.5. The van der Waals surface area contributed by atoms with Crippen molar-refractivity contribution in [1.82, 2.24) is 0 Å². The smallest absolute Gasteiger partial charge is 0.384 e. The minimum absolute atomic E-state index is 0.0345. The van der Waals surface area contributed by atoms with Crippen molar-refractivity contribution in [2.45, 2.75) is 64.4 Å². The highest BCUT2D eigenvalue weighted by Crippen LogP contribution is 2.28. The number of hydrogen-bond donors (Lipinski definition) is 0. The first-order chi connectivity index (χ1) is 9.67. The van der Waals surface area contributed by atoms with Crippen molar-refractivity contribution in [3.63, 3.8) is 0 Å². The minimum Gasteiger partial charge on any atom is -0.453 e. The Morgan fingerprint density at radius 2 is 1.60 bits per heavy atom. The van der Waals surface area contributed by atoms with E-state index < -0.39 is 0 Å². The zero-order chi connectivity index (χ0) is 14.4. The normalized spacial score (nSPS) is 33.4. The molecule has 2 saturated carbocycles. The molecule has 0 saturated heterocycles. The zero-order valence-corrected chi connectivity index (χ0v) is 12.2. The van der Waals surface area contributed by atoms with Gasteiger partial charge in [-0.25, -0.2) is 4.79 Å². The van der Waals surface area contributed by atoms with Crippen LogP contribution in [0.1, 0.15) is 58.3 Å². The van der Waals surface area contributed by atoms with Gasteiger partial charge in [-0.1, -0.05) is 12.8 Å². The molecule has 0 aliphatic heterocycles. The summed E-state index contributed by atoms with van der Waals surface area (Å²) < 4.78 is 5.37. The van der Waals surface area contributed by atoms with Crippen LogP contribution in [-0.2, 0) is 9.53 Å². The molecule has 0 unspecified atom stereocenters. The van der Waals surface area contributed by atoms with Gasteiger partial charge < -0.3 is 4.74 Å². The molecule has 0 spiro atoms. The molecule has 108 valence electrons. The molecule has 0 aromatic heterocycles. The van der Waals surface area contributed by atoms with Gasteiger partial charge in [-0.05, 0) is 57.3 Å². The second kappa shape index (κ2) is 7.34. The van der Waals surface area contributed by atoms with Crippen LogP contribution in [-0.4, -0.2) is 12.1 Å². The van der Waals surface area contributed by atoms with Crippen molar-refractivity contribution >= 4 is 5.97 Å². The van der Waals surface area contributed by atoms with E-state index in [1.807, 2.05) is 0 Å². The number of nitriles is 1. The predicted octanol–water partition coefficient (Wildman–Crippen LogP) is 3.44. The SMILES string of the molecule is CC1CCC(C#CC(=O)OC2CCC(C#N)CC2)CC1. The Labute approximate surface area is 121 Å². The van der Waals surface area contributed by atoms with Crippen molar-refractivity contribution in [3.8, 4) is 17.9 Å². The molecule has 2 rings (SSSR count).